The van der Waals surface area contributed by atoms with Crippen molar-refractivity contribution in [2.45, 2.75) is 20.0 Å². The lowest BCUT2D eigenvalue weighted by molar-refractivity contribution is 0.0400. The Bertz CT molecular complexity index is 849. The van der Waals surface area contributed by atoms with Crippen molar-refractivity contribution in [3.05, 3.63) is 63.9 Å². The van der Waals surface area contributed by atoms with Gasteiger partial charge in [-0.2, -0.15) is 0 Å². The molecule has 0 radical (unpaired) electrons. The van der Waals surface area contributed by atoms with Crippen LogP contribution in [0.1, 0.15) is 21.5 Å². The third-order valence-corrected chi connectivity index (χ3v) is 5.35. The number of amides is 1. The van der Waals surface area contributed by atoms with Gasteiger partial charge in [0.25, 0.3) is 5.91 Å². The first-order chi connectivity index (χ1) is 13.8. The van der Waals surface area contributed by atoms with Gasteiger partial charge in [0.05, 0.1) is 5.56 Å². The second-order valence-electron chi connectivity index (χ2n) is 7.40. The zero-order valence-electron chi connectivity index (χ0n) is 16.7. The van der Waals surface area contributed by atoms with E-state index in [1.807, 2.05) is 32.0 Å². The summed E-state index contributed by atoms with van der Waals surface area (Å²) < 4.78 is 19.8. The van der Waals surface area contributed by atoms with Crippen LogP contribution in [0.25, 0.3) is 0 Å². The van der Waals surface area contributed by atoms with Gasteiger partial charge in [0, 0.05) is 37.7 Å². The van der Waals surface area contributed by atoms with E-state index in [0.717, 1.165) is 22.9 Å². The Morgan fingerprint density at radius 1 is 1.17 bits per heavy atom. The second kappa shape index (κ2) is 9.57. The number of nitrogens with zero attached hydrogens (tertiary/aromatic N) is 2. The minimum Gasteiger partial charge on any atom is -0.490 e. The molecule has 1 N–H and O–H groups in total. The lowest BCUT2D eigenvalue weighted by atomic mass is 10.1. The normalized spacial score (nSPS) is 16.0. The molecule has 3 rings (SSSR count). The predicted octanol–water partition coefficient (Wildman–Crippen LogP) is 3.29. The summed E-state index contributed by atoms with van der Waals surface area (Å²) in [6.45, 7) is 6.81. The molecule has 0 spiro atoms. The molecule has 29 heavy (non-hydrogen) atoms. The number of rotatable bonds is 6. The van der Waals surface area contributed by atoms with Gasteiger partial charge in [-0.05, 0) is 43.2 Å². The minimum absolute atomic E-state index is 0.0323. The van der Waals surface area contributed by atoms with E-state index < -0.39 is 11.9 Å². The van der Waals surface area contributed by atoms with Crippen molar-refractivity contribution in [2.75, 3.05) is 39.3 Å². The fourth-order valence-corrected chi connectivity index (χ4v) is 3.68. The zero-order valence-corrected chi connectivity index (χ0v) is 17.5. The molecule has 2 aromatic rings. The first-order valence-corrected chi connectivity index (χ1v) is 10.1. The monoisotopic (exact) mass is 420 g/mol. The van der Waals surface area contributed by atoms with Crippen molar-refractivity contribution in [1.82, 2.24) is 9.80 Å². The topological polar surface area (TPSA) is 53.0 Å². The Labute approximate surface area is 175 Å². The van der Waals surface area contributed by atoms with E-state index in [9.17, 15) is 14.3 Å². The number of halogens is 2. The lowest BCUT2D eigenvalue weighted by Crippen LogP contribution is -2.51. The summed E-state index contributed by atoms with van der Waals surface area (Å²) in [5.74, 6) is -0.131. The van der Waals surface area contributed by atoms with Crippen LogP contribution in [0.4, 0.5) is 4.39 Å². The third-order valence-electron chi connectivity index (χ3n) is 5.12. The van der Waals surface area contributed by atoms with Crippen molar-refractivity contribution >= 4 is 17.5 Å². The molecule has 5 nitrogen and oxygen atoms in total. The van der Waals surface area contributed by atoms with Crippen molar-refractivity contribution in [1.29, 1.82) is 0 Å². The molecule has 1 fully saturated rings. The zero-order chi connectivity index (χ0) is 21.0. The number of aliphatic hydroxyl groups is 1. The predicted molar refractivity (Wildman–Crippen MR) is 111 cm³/mol. The summed E-state index contributed by atoms with van der Waals surface area (Å²) in [6, 6.07) is 10.0. The highest BCUT2D eigenvalue weighted by Crippen LogP contribution is 2.22. The highest BCUT2D eigenvalue weighted by molar-refractivity contribution is 6.30. The fourth-order valence-electron chi connectivity index (χ4n) is 3.52. The van der Waals surface area contributed by atoms with Gasteiger partial charge in [-0.25, -0.2) is 4.39 Å². The van der Waals surface area contributed by atoms with E-state index in [4.69, 9.17) is 16.3 Å². The molecule has 0 aromatic heterocycles. The van der Waals surface area contributed by atoms with Crippen LogP contribution in [0.2, 0.25) is 5.02 Å². The van der Waals surface area contributed by atoms with Crippen LogP contribution in [-0.4, -0.2) is 66.2 Å². The van der Waals surface area contributed by atoms with E-state index in [-0.39, 0.29) is 23.1 Å². The maximum Gasteiger partial charge on any atom is 0.256 e. The van der Waals surface area contributed by atoms with Crippen LogP contribution in [0.3, 0.4) is 0 Å². The Balaban J connectivity index is 1.47. The Morgan fingerprint density at radius 3 is 2.45 bits per heavy atom. The van der Waals surface area contributed by atoms with Crippen LogP contribution in [0.15, 0.2) is 36.4 Å². The molecule has 7 heteroatoms. The van der Waals surface area contributed by atoms with E-state index >= 15 is 0 Å². The Morgan fingerprint density at radius 2 is 1.83 bits per heavy atom. The largest absolute Gasteiger partial charge is 0.490 e. The van der Waals surface area contributed by atoms with Gasteiger partial charge < -0.3 is 14.7 Å². The molecule has 1 unspecified atom stereocenters. The lowest BCUT2D eigenvalue weighted by Gasteiger charge is -2.35. The number of hydrogen-bond donors (Lipinski definition) is 1. The number of aryl methyl sites for hydroxylation is 2. The van der Waals surface area contributed by atoms with Crippen molar-refractivity contribution in [3.8, 4) is 5.75 Å². The number of benzene rings is 2. The molecule has 1 heterocycles. The van der Waals surface area contributed by atoms with Gasteiger partial charge in [-0.15, -0.1) is 0 Å². The molecule has 1 saturated heterocycles. The van der Waals surface area contributed by atoms with E-state index in [0.29, 0.717) is 32.7 Å². The van der Waals surface area contributed by atoms with Crippen molar-refractivity contribution in [3.63, 3.8) is 0 Å². The Kier molecular flexibility index (Phi) is 7.11. The molecule has 1 amide bonds. The van der Waals surface area contributed by atoms with Crippen LogP contribution in [-0.2, 0) is 0 Å². The van der Waals surface area contributed by atoms with Crippen molar-refractivity contribution < 1.29 is 19.0 Å². The summed E-state index contributed by atoms with van der Waals surface area (Å²) in [5.41, 5.74) is 2.11. The smallest absolute Gasteiger partial charge is 0.256 e. The van der Waals surface area contributed by atoms with Gasteiger partial charge in [-0.1, -0.05) is 29.8 Å². The summed E-state index contributed by atoms with van der Waals surface area (Å²) in [6.07, 6.45) is -0.634. The Hall–Kier alpha value is -2.15. The van der Waals surface area contributed by atoms with Gasteiger partial charge in [0.1, 0.15) is 24.3 Å². The molecular weight excluding hydrogens is 395 g/mol. The number of β-amino-alcohol motifs (C(OH)–C–C–N with tert-alkyl or cyclic N) is 1. The minimum atomic E-state index is -0.634. The average molecular weight is 421 g/mol. The first kappa shape index (κ1) is 21.6. The maximum atomic E-state index is 14.0. The number of ether oxygens (including phenoxy) is 1. The van der Waals surface area contributed by atoms with Crippen molar-refractivity contribution in [2.24, 2.45) is 0 Å². The maximum absolute atomic E-state index is 14.0. The van der Waals surface area contributed by atoms with Gasteiger partial charge in [0.15, 0.2) is 0 Å². The van der Waals surface area contributed by atoms with Gasteiger partial charge >= 0.3 is 0 Å². The molecule has 0 saturated carbocycles. The summed E-state index contributed by atoms with van der Waals surface area (Å²) in [7, 11) is 0. The molecule has 0 bridgehead atoms. The number of hydrogen-bond acceptors (Lipinski definition) is 4. The van der Waals surface area contributed by atoms with Crippen LogP contribution >= 0.6 is 11.6 Å². The van der Waals surface area contributed by atoms with Crippen LogP contribution in [0.5, 0.6) is 5.75 Å². The van der Waals surface area contributed by atoms with Gasteiger partial charge in [-0.3, -0.25) is 9.69 Å². The highest BCUT2D eigenvalue weighted by Gasteiger charge is 2.25. The SMILES string of the molecule is Cc1cccc(C)c1OCC(O)CN1CCN(C(=O)c2ccc(Cl)cc2F)CC1. The van der Waals surface area contributed by atoms with Gasteiger partial charge in [0.2, 0.25) is 0 Å². The third kappa shape index (κ3) is 5.47. The molecule has 0 aliphatic carbocycles. The molecule has 1 aliphatic rings. The van der Waals surface area contributed by atoms with E-state index in [1.54, 1.807) is 4.90 Å². The number of para-hydroxylation sites is 1. The quantitative estimate of drug-likeness (QED) is 0.779. The van der Waals surface area contributed by atoms with E-state index in [1.165, 1.54) is 12.1 Å². The number of carbonyl (C=O) groups excluding carboxylic acids is 1. The highest BCUT2D eigenvalue weighted by atomic mass is 35.5. The molecule has 1 atom stereocenters. The number of aliphatic hydroxyl groups excluding tert-OH is 1. The fraction of sp³-hybridized carbons (Fsp3) is 0.409. The molecule has 1 aliphatic heterocycles. The summed E-state index contributed by atoms with van der Waals surface area (Å²) in [5, 5.41) is 10.6. The van der Waals surface area contributed by atoms with E-state index in [2.05, 4.69) is 4.90 Å². The van der Waals surface area contributed by atoms with Crippen LogP contribution < -0.4 is 4.74 Å². The average Bonchev–Trinajstić information content (AvgIpc) is 2.68. The molecule has 156 valence electrons. The first-order valence-electron chi connectivity index (χ1n) is 9.69. The second-order valence-corrected chi connectivity index (χ2v) is 7.84. The molecule has 2 aromatic carbocycles. The van der Waals surface area contributed by atoms with Crippen LogP contribution in [0, 0.1) is 19.7 Å². The summed E-state index contributed by atoms with van der Waals surface area (Å²) >= 11 is 5.75. The number of piperazine rings is 1. The molecular formula is C22H26ClFN2O3. The standard InChI is InChI=1S/C22H26ClFN2O3/c1-15-4-3-5-16(2)21(15)29-14-18(27)13-25-8-10-26(11-9-25)22(28)19-7-6-17(23)12-20(19)24/h3-7,12,18,27H,8-11,13-14H2,1-2H3. The summed E-state index contributed by atoms with van der Waals surface area (Å²) in [4.78, 5) is 16.3. The number of carbonyl (C=O) groups is 1.